The van der Waals surface area contributed by atoms with Crippen LogP contribution >= 0.6 is 11.6 Å². The Bertz CT molecular complexity index is 1230. The summed E-state index contributed by atoms with van der Waals surface area (Å²) in [6.07, 6.45) is 1.36. The van der Waals surface area contributed by atoms with Gasteiger partial charge in [-0.3, -0.25) is 4.79 Å². The lowest BCUT2D eigenvalue weighted by Crippen LogP contribution is -2.14. The van der Waals surface area contributed by atoms with Gasteiger partial charge in [0, 0.05) is 11.8 Å². The van der Waals surface area contributed by atoms with E-state index in [-0.39, 0.29) is 22.0 Å². The number of halogens is 2. The fourth-order valence-corrected chi connectivity index (χ4v) is 2.99. The van der Waals surface area contributed by atoms with Crippen LogP contribution in [0.15, 0.2) is 36.7 Å². The molecule has 0 aliphatic rings. The zero-order valence-corrected chi connectivity index (χ0v) is 16.4. The molecule has 2 aromatic heterocycles. The van der Waals surface area contributed by atoms with Crippen molar-refractivity contribution in [3.05, 3.63) is 58.9 Å². The summed E-state index contributed by atoms with van der Waals surface area (Å²) in [5.74, 6) is -0.414. The van der Waals surface area contributed by atoms with E-state index in [1.54, 1.807) is 6.92 Å². The number of tetrazole rings is 2. The average Bonchev–Trinajstić information content (AvgIpc) is 3.41. The molecule has 4 aromatic rings. The third-order valence-electron chi connectivity index (χ3n) is 4.17. The Kier molecular flexibility index (Phi) is 5.06. The second-order valence-electron chi connectivity index (χ2n) is 6.02. The van der Waals surface area contributed by atoms with E-state index in [1.807, 2.05) is 0 Å². The zero-order chi connectivity index (χ0) is 21.3. The molecular formula is C17H13ClFN9O2. The Hall–Kier alpha value is -3.93. The Morgan fingerprint density at radius 1 is 1.17 bits per heavy atom. The van der Waals surface area contributed by atoms with Gasteiger partial charge in [-0.2, -0.15) is 9.36 Å². The van der Waals surface area contributed by atoms with E-state index in [9.17, 15) is 9.18 Å². The topological polar surface area (TPSA) is 126 Å². The predicted molar refractivity (Wildman–Crippen MR) is 103 cm³/mol. The number of ether oxygens (including phenoxy) is 1. The van der Waals surface area contributed by atoms with Crippen molar-refractivity contribution >= 4 is 23.2 Å². The van der Waals surface area contributed by atoms with Crippen molar-refractivity contribution in [2.45, 2.75) is 6.92 Å². The van der Waals surface area contributed by atoms with Crippen molar-refractivity contribution in [1.82, 2.24) is 40.4 Å². The maximum atomic E-state index is 14.2. The van der Waals surface area contributed by atoms with Crippen molar-refractivity contribution < 1.29 is 13.9 Å². The van der Waals surface area contributed by atoms with Crippen LogP contribution in [0.2, 0.25) is 5.02 Å². The number of carbonyl (C=O) groups excluding carboxylic acids is 1. The first kappa shape index (κ1) is 19.4. The van der Waals surface area contributed by atoms with E-state index < -0.39 is 11.7 Å². The number of rotatable bonds is 5. The van der Waals surface area contributed by atoms with E-state index in [2.05, 4.69) is 36.4 Å². The number of aromatic nitrogens is 8. The van der Waals surface area contributed by atoms with Crippen LogP contribution < -0.4 is 10.1 Å². The number of hydrogen-bond acceptors (Lipinski definition) is 8. The van der Waals surface area contributed by atoms with E-state index in [0.29, 0.717) is 17.2 Å². The number of methoxy groups -OCH3 is 1. The van der Waals surface area contributed by atoms with E-state index in [0.717, 1.165) is 0 Å². The van der Waals surface area contributed by atoms with Gasteiger partial charge in [-0.05, 0) is 52.0 Å². The van der Waals surface area contributed by atoms with Crippen molar-refractivity contribution in [2.24, 2.45) is 0 Å². The van der Waals surface area contributed by atoms with Crippen molar-refractivity contribution in [1.29, 1.82) is 0 Å². The Morgan fingerprint density at radius 2 is 2.00 bits per heavy atom. The summed E-state index contributed by atoms with van der Waals surface area (Å²) in [7, 11) is 1.42. The molecule has 0 aliphatic carbocycles. The summed E-state index contributed by atoms with van der Waals surface area (Å²) >= 11 is 6.30. The number of hydrogen-bond donors (Lipinski definition) is 1. The molecule has 0 bridgehead atoms. The summed E-state index contributed by atoms with van der Waals surface area (Å²) in [6.45, 7) is 1.63. The summed E-state index contributed by atoms with van der Waals surface area (Å²) in [5.41, 5.74) is 1.03. The van der Waals surface area contributed by atoms with Crippen LogP contribution in [0.3, 0.4) is 0 Å². The maximum Gasteiger partial charge on any atom is 0.259 e. The van der Waals surface area contributed by atoms with Gasteiger partial charge in [0.1, 0.15) is 23.6 Å². The van der Waals surface area contributed by atoms with Gasteiger partial charge in [0.2, 0.25) is 0 Å². The maximum absolute atomic E-state index is 14.2. The highest BCUT2D eigenvalue weighted by Crippen LogP contribution is 2.30. The molecule has 13 heteroatoms. The third kappa shape index (κ3) is 3.55. The van der Waals surface area contributed by atoms with Crippen LogP contribution in [0, 0.1) is 12.7 Å². The van der Waals surface area contributed by atoms with Gasteiger partial charge < -0.3 is 10.1 Å². The second-order valence-corrected chi connectivity index (χ2v) is 6.42. The summed E-state index contributed by atoms with van der Waals surface area (Å²) < 4.78 is 22.1. The molecule has 152 valence electrons. The van der Waals surface area contributed by atoms with Gasteiger partial charge in [-0.1, -0.05) is 11.6 Å². The van der Waals surface area contributed by atoms with E-state index in [1.165, 1.54) is 53.1 Å². The number of anilines is 1. The van der Waals surface area contributed by atoms with Crippen LogP contribution in [-0.4, -0.2) is 53.4 Å². The molecule has 0 fully saturated rings. The molecule has 0 atom stereocenters. The molecule has 0 spiro atoms. The van der Waals surface area contributed by atoms with Crippen LogP contribution in [0.25, 0.3) is 11.4 Å². The highest BCUT2D eigenvalue weighted by molar-refractivity contribution is 6.33. The zero-order valence-electron chi connectivity index (χ0n) is 15.6. The van der Waals surface area contributed by atoms with Gasteiger partial charge in [0.15, 0.2) is 5.82 Å². The Labute approximate surface area is 173 Å². The monoisotopic (exact) mass is 429 g/mol. The van der Waals surface area contributed by atoms with Crippen molar-refractivity contribution in [3.8, 4) is 17.1 Å². The number of nitrogens with one attached hydrogen (secondary N) is 1. The minimum atomic E-state index is -0.546. The van der Waals surface area contributed by atoms with Gasteiger partial charge >= 0.3 is 0 Å². The van der Waals surface area contributed by atoms with Gasteiger partial charge in [-0.25, -0.2) is 4.39 Å². The lowest BCUT2D eigenvalue weighted by molar-refractivity contribution is 0.102. The van der Waals surface area contributed by atoms with Crippen LogP contribution in [-0.2, 0) is 0 Å². The molecule has 4 rings (SSSR count). The molecule has 0 unspecified atom stereocenters. The first-order valence-corrected chi connectivity index (χ1v) is 8.83. The Balaban J connectivity index is 1.66. The number of benzene rings is 2. The third-order valence-corrected chi connectivity index (χ3v) is 4.47. The van der Waals surface area contributed by atoms with Crippen LogP contribution in [0.4, 0.5) is 10.1 Å². The first-order valence-electron chi connectivity index (χ1n) is 8.45. The molecular weight excluding hydrogens is 417 g/mol. The minimum Gasteiger partial charge on any atom is -0.496 e. The van der Waals surface area contributed by atoms with Crippen LogP contribution in [0.1, 0.15) is 16.2 Å². The number of aryl methyl sites for hydroxylation is 1. The lowest BCUT2D eigenvalue weighted by Gasteiger charge is -2.13. The van der Waals surface area contributed by atoms with Gasteiger partial charge in [-0.15, -0.1) is 10.2 Å². The van der Waals surface area contributed by atoms with Crippen LogP contribution in [0.5, 0.6) is 5.75 Å². The summed E-state index contributed by atoms with van der Waals surface area (Å²) in [5, 5.41) is 24.8. The lowest BCUT2D eigenvalue weighted by atomic mass is 10.1. The fourth-order valence-electron chi connectivity index (χ4n) is 2.74. The number of amides is 1. The first-order chi connectivity index (χ1) is 14.5. The number of carbonyl (C=O) groups is 1. The molecule has 0 aliphatic heterocycles. The predicted octanol–water partition coefficient (Wildman–Crippen LogP) is 2.00. The molecule has 2 heterocycles. The molecule has 1 amide bonds. The molecule has 0 radical (unpaired) electrons. The number of nitrogens with zero attached hydrogens (tertiary/aromatic N) is 8. The van der Waals surface area contributed by atoms with Crippen molar-refractivity contribution in [3.63, 3.8) is 0 Å². The quantitative estimate of drug-likeness (QED) is 0.510. The summed E-state index contributed by atoms with van der Waals surface area (Å²) in [4.78, 5) is 12.9. The molecule has 2 aromatic carbocycles. The highest BCUT2D eigenvalue weighted by Gasteiger charge is 2.19. The molecule has 0 saturated carbocycles. The average molecular weight is 430 g/mol. The SMILES string of the molecule is COc1cc(-n2cnnn2)c(Cl)cc1C(=O)Nc1ccc(F)c(-n2nnnc2C)c1. The standard InChI is InChI=1S/C17H13ClFN9O2/c1-9-22-24-26-28(9)15-5-10(3-4-13(15)19)21-17(29)11-6-12(18)14(7-16(11)30-2)27-8-20-23-25-27/h3-8H,1-2H3,(H,21,29). The molecule has 0 saturated heterocycles. The normalized spacial score (nSPS) is 10.8. The smallest absolute Gasteiger partial charge is 0.259 e. The highest BCUT2D eigenvalue weighted by atomic mass is 35.5. The fraction of sp³-hybridized carbons (Fsp3) is 0.118. The molecule has 11 nitrogen and oxygen atoms in total. The largest absolute Gasteiger partial charge is 0.496 e. The summed E-state index contributed by atoms with van der Waals surface area (Å²) in [6, 6.07) is 7.01. The molecule has 1 N–H and O–H groups in total. The second kappa shape index (κ2) is 7.83. The van der Waals surface area contributed by atoms with E-state index >= 15 is 0 Å². The van der Waals surface area contributed by atoms with Gasteiger partial charge in [0.05, 0.1) is 23.4 Å². The molecule has 30 heavy (non-hydrogen) atoms. The van der Waals surface area contributed by atoms with Crippen molar-refractivity contribution in [2.75, 3.05) is 12.4 Å². The Morgan fingerprint density at radius 3 is 2.67 bits per heavy atom. The van der Waals surface area contributed by atoms with E-state index in [4.69, 9.17) is 16.3 Å². The van der Waals surface area contributed by atoms with Gasteiger partial charge in [0.25, 0.3) is 5.91 Å². The minimum absolute atomic E-state index is 0.0920.